The molecule has 0 bridgehead atoms. The summed E-state index contributed by atoms with van der Waals surface area (Å²) in [6.45, 7) is 6.54. The average molecular weight is 454 g/mol. The Labute approximate surface area is 194 Å². The van der Waals surface area contributed by atoms with Gasteiger partial charge in [0.2, 0.25) is 0 Å². The molecule has 0 radical (unpaired) electrons. The van der Waals surface area contributed by atoms with E-state index in [-0.39, 0.29) is 24.5 Å². The number of hydrogen-bond donors (Lipinski definition) is 2. The topological polar surface area (TPSA) is 97.0 Å². The quantitative estimate of drug-likeness (QED) is 0.639. The highest BCUT2D eigenvalue weighted by molar-refractivity contribution is 5.94. The van der Waals surface area contributed by atoms with Crippen molar-refractivity contribution in [1.29, 1.82) is 0 Å². The Morgan fingerprint density at radius 1 is 1.03 bits per heavy atom. The van der Waals surface area contributed by atoms with Gasteiger partial charge in [0.15, 0.2) is 0 Å². The number of nitrogens with one attached hydrogen (secondary N) is 2. The molecule has 8 nitrogen and oxygen atoms in total. The Balaban J connectivity index is 1.48. The minimum Gasteiger partial charge on any atom is -0.445 e. The van der Waals surface area contributed by atoms with Crippen LogP contribution in [0.1, 0.15) is 49.5 Å². The van der Waals surface area contributed by atoms with E-state index in [9.17, 15) is 14.4 Å². The van der Waals surface area contributed by atoms with Gasteiger partial charge in [0.25, 0.3) is 5.91 Å². The SMILES string of the molecule is CC(C)(C)C(=O)ONc1ccc(C(=O)N2CCCC(NC(=O)OCc3ccccc3)C2)cc1. The summed E-state index contributed by atoms with van der Waals surface area (Å²) in [6, 6.07) is 16.0. The molecule has 1 saturated heterocycles. The van der Waals surface area contributed by atoms with Crippen molar-refractivity contribution in [2.75, 3.05) is 18.6 Å². The van der Waals surface area contributed by atoms with Gasteiger partial charge in [-0.2, -0.15) is 0 Å². The maximum atomic E-state index is 12.9. The molecule has 0 aromatic heterocycles. The van der Waals surface area contributed by atoms with Crippen molar-refractivity contribution >= 4 is 23.7 Å². The van der Waals surface area contributed by atoms with Gasteiger partial charge in [-0.15, -0.1) is 0 Å². The highest BCUT2D eigenvalue weighted by Crippen LogP contribution is 2.18. The van der Waals surface area contributed by atoms with E-state index in [1.54, 1.807) is 49.9 Å². The van der Waals surface area contributed by atoms with Crippen LogP contribution in [-0.4, -0.2) is 42.0 Å². The molecule has 2 N–H and O–H groups in total. The van der Waals surface area contributed by atoms with Crippen molar-refractivity contribution in [2.45, 2.75) is 46.3 Å². The molecule has 8 heteroatoms. The molecule has 1 heterocycles. The van der Waals surface area contributed by atoms with E-state index in [4.69, 9.17) is 9.57 Å². The fourth-order valence-electron chi connectivity index (χ4n) is 3.33. The number of alkyl carbamates (subject to hydrolysis) is 1. The Bertz CT molecular complexity index is 954. The second-order valence-electron chi connectivity index (χ2n) is 9.12. The van der Waals surface area contributed by atoms with E-state index < -0.39 is 11.5 Å². The van der Waals surface area contributed by atoms with Gasteiger partial charge in [-0.1, -0.05) is 30.3 Å². The zero-order valence-electron chi connectivity index (χ0n) is 19.3. The molecule has 0 saturated carbocycles. The Morgan fingerprint density at radius 3 is 2.39 bits per heavy atom. The molecule has 0 spiro atoms. The summed E-state index contributed by atoms with van der Waals surface area (Å²) in [5.41, 5.74) is 4.01. The lowest BCUT2D eigenvalue weighted by atomic mass is 9.98. The minimum atomic E-state index is -0.615. The lowest BCUT2D eigenvalue weighted by Gasteiger charge is -2.33. The van der Waals surface area contributed by atoms with Crippen LogP contribution in [0.5, 0.6) is 0 Å². The number of benzene rings is 2. The molecule has 2 amide bonds. The predicted octanol–water partition coefficient (Wildman–Crippen LogP) is 4.13. The van der Waals surface area contributed by atoms with E-state index in [0.29, 0.717) is 24.3 Å². The van der Waals surface area contributed by atoms with Crippen molar-refractivity contribution in [2.24, 2.45) is 5.41 Å². The largest absolute Gasteiger partial charge is 0.445 e. The Kier molecular flexibility index (Phi) is 7.92. The fraction of sp³-hybridized carbons (Fsp3) is 0.400. The summed E-state index contributed by atoms with van der Waals surface area (Å²) >= 11 is 0. The lowest BCUT2D eigenvalue weighted by Crippen LogP contribution is -2.49. The first-order valence-corrected chi connectivity index (χ1v) is 11.1. The highest BCUT2D eigenvalue weighted by Gasteiger charge is 2.26. The van der Waals surface area contributed by atoms with Crippen molar-refractivity contribution in [3.63, 3.8) is 0 Å². The molecule has 1 unspecified atom stereocenters. The first-order chi connectivity index (χ1) is 15.7. The highest BCUT2D eigenvalue weighted by atomic mass is 16.7. The lowest BCUT2D eigenvalue weighted by molar-refractivity contribution is -0.149. The molecule has 2 aromatic rings. The average Bonchev–Trinajstić information content (AvgIpc) is 2.81. The van der Waals surface area contributed by atoms with Gasteiger partial charge in [0.1, 0.15) is 6.61 Å². The third kappa shape index (κ3) is 7.24. The molecule has 1 aliphatic rings. The maximum absolute atomic E-state index is 12.9. The van der Waals surface area contributed by atoms with Crippen LogP contribution in [-0.2, 0) is 21.0 Å². The van der Waals surface area contributed by atoms with Crippen LogP contribution in [0.4, 0.5) is 10.5 Å². The van der Waals surface area contributed by atoms with Crippen LogP contribution >= 0.6 is 0 Å². The second-order valence-corrected chi connectivity index (χ2v) is 9.12. The van der Waals surface area contributed by atoms with Gasteiger partial charge in [-0.25, -0.2) is 15.1 Å². The van der Waals surface area contributed by atoms with E-state index in [1.165, 1.54) is 0 Å². The summed E-state index contributed by atoms with van der Waals surface area (Å²) in [5.74, 6) is -0.491. The summed E-state index contributed by atoms with van der Waals surface area (Å²) in [6.07, 6.45) is 1.09. The number of carbonyl (C=O) groups excluding carboxylic acids is 3. The van der Waals surface area contributed by atoms with E-state index in [1.807, 2.05) is 30.3 Å². The van der Waals surface area contributed by atoms with E-state index >= 15 is 0 Å². The summed E-state index contributed by atoms with van der Waals surface area (Å²) < 4.78 is 5.29. The van der Waals surface area contributed by atoms with Crippen LogP contribution in [0.3, 0.4) is 0 Å². The van der Waals surface area contributed by atoms with E-state index in [0.717, 1.165) is 18.4 Å². The normalized spacial score (nSPS) is 16.0. The zero-order chi connectivity index (χ0) is 23.8. The number of anilines is 1. The molecule has 3 rings (SSSR count). The number of ether oxygens (including phenoxy) is 1. The standard InChI is InChI=1S/C25H31N3O5/c1-25(2,3)23(30)33-27-20-13-11-19(12-14-20)22(29)28-15-7-10-21(16-28)26-24(31)32-17-18-8-5-4-6-9-18/h4-6,8-9,11-14,21,27H,7,10,15-17H2,1-3H3,(H,26,31). The van der Waals surface area contributed by atoms with Gasteiger partial charge in [0, 0.05) is 24.7 Å². The first-order valence-electron chi connectivity index (χ1n) is 11.1. The van der Waals surface area contributed by atoms with Crippen LogP contribution in [0.2, 0.25) is 0 Å². The monoisotopic (exact) mass is 453 g/mol. The number of carbonyl (C=O) groups is 3. The Hall–Kier alpha value is -3.55. The molecule has 33 heavy (non-hydrogen) atoms. The van der Waals surface area contributed by atoms with Gasteiger partial charge >= 0.3 is 12.1 Å². The third-order valence-corrected chi connectivity index (χ3v) is 5.25. The maximum Gasteiger partial charge on any atom is 0.407 e. The van der Waals surface area contributed by atoms with Crippen molar-refractivity contribution in [3.05, 3.63) is 65.7 Å². The van der Waals surface area contributed by atoms with Crippen LogP contribution < -0.4 is 10.8 Å². The minimum absolute atomic E-state index is 0.114. The van der Waals surface area contributed by atoms with Crippen LogP contribution in [0, 0.1) is 5.41 Å². The van der Waals surface area contributed by atoms with Crippen LogP contribution in [0.25, 0.3) is 0 Å². The number of amides is 2. The number of hydrogen-bond acceptors (Lipinski definition) is 6. The predicted molar refractivity (Wildman–Crippen MR) is 124 cm³/mol. The molecular weight excluding hydrogens is 422 g/mol. The number of rotatable bonds is 6. The molecule has 2 aromatic carbocycles. The molecule has 0 aliphatic carbocycles. The molecule has 1 aliphatic heterocycles. The van der Waals surface area contributed by atoms with Crippen LogP contribution in [0.15, 0.2) is 54.6 Å². The van der Waals surface area contributed by atoms with Crippen molar-refractivity contribution < 1.29 is 24.0 Å². The number of likely N-dealkylation sites (tertiary alicyclic amines) is 1. The summed E-state index contributed by atoms with van der Waals surface area (Å²) in [4.78, 5) is 43.7. The van der Waals surface area contributed by atoms with Crippen molar-refractivity contribution in [1.82, 2.24) is 10.2 Å². The molecular formula is C25H31N3O5. The third-order valence-electron chi connectivity index (χ3n) is 5.25. The van der Waals surface area contributed by atoms with Gasteiger partial charge in [-0.3, -0.25) is 4.79 Å². The zero-order valence-corrected chi connectivity index (χ0v) is 19.3. The molecule has 176 valence electrons. The van der Waals surface area contributed by atoms with Gasteiger partial charge < -0.3 is 19.8 Å². The fourth-order valence-corrected chi connectivity index (χ4v) is 3.33. The molecule has 1 atom stereocenters. The van der Waals surface area contributed by atoms with Gasteiger partial charge in [0.05, 0.1) is 11.1 Å². The molecule has 1 fully saturated rings. The summed E-state index contributed by atoms with van der Waals surface area (Å²) in [5, 5.41) is 2.86. The second kappa shape index (κ2) is 10.8. The van der Waals surface area contributed by atoms with Crippen molar-refractivity contribution in [3.8, 4) is 0 Å². The number of piperidine rings is 1. The van der Waals surface area contributed by atoms with E-state index in [2.05, 4.69) is 10.8 Å². The smallest absolute Gasteiger partial charge is 0.407 e. The Morgan fingerprint density at radius 2 is 1.73 bits per heavy atom. The van der Waals surface area contributed by atoms with Gasteiger partial charge in [-0.05, 0) is 63.4 Å². The number of nitrogens with zero attached hydrogens (tertiary/aromatic N) is 1. The summed E-state index contributed by atoms with van der Waals surface area (Å²) in [7, 11) is 0. The first kappa shape index (κ1) is 24.1.